The van der Waals surface area contributed by atoms with Crippen LogP contribution in [-0.2, 0) is 109 Å². The molecule has 134 heavy (non-hydrogen) atoms. The van der Waals surface area contributed by atoms with E-state index in [0.717, 1.165) is 0 Å². The monoisotopic (exact) mass is 1960 g/mol. The molecular weight excluding hydrogens is 1830 g/mol. The first-order chi connectivity index (χ1) is 63.2. The minimum atomic E-state index is -2.97. The van der Waals surface area contributed by atoms with Crippen molar-refractivity contribution in [2.75, 3.05) is 72.7 Å². The number of hydrogen-bond donors (Lipinski definition) is 34. The van der Waals surface area contributed by atoms with E-state index in [2.05, 4.69) is 0 Å². The molecule has 11 saturated heterocycles. The first kappa shape index (κ1) is 111. The zero-order valence-electron chi connectivity index (χ0n) is 72.8. The number of carboxylic acids is 2. The van der Waals surface area contributed by atoms with E-state index in [1.165, 1.54) is 20.8 Å². The van der Waals surface area contributed by atoms with Crippen LogP contribution < -0.4 is 11.5 Å². The van der Waals surface area contributed by atoms with Gasteiger partial charge < -0.3 is 274 Å². The quantitative estimate of drug-likeness (QED) is 0.0275. The van der Waals surface area contributed by atoms with E-state index < -0.39 is 445 Å². The lowest BCUT2D eigenvalue weighted by molar-refractivity contribution is -0.402. The van der Waals surface area contributed by atoms with Crippen molar-refractivity contribution in [2.24, 2.45) is 35.1 Å². The fraction of sp³-hybridized carbons (Fsp3) is 0.974. The first-order valence-corrected chi connectivity index (χ1v) is 43.7. The van der Waals surface area contributed by atoms with Gasteiger partial charge in [0.1, 0.15) is 208 Å². The SMILES string of the molecule is CC1C(O)[C@H](O[C@@H]2OC(CO[C@]3(C(=O)O)C[C@@H](O)[C@@H](N)C([C@H](O)C(O)CO)O3)[C@H](O)[C@H](O)C2O)[C@H](CO)O[C@H]1O[C@@H]1C(O)[C@H](O)C(CO)O[C@@H]1OCC1O[C@@H](O[C@@H]2C(CO)O[C@@H](O[C@@H]3C(CO)O[C@@H](C)[C@@H](C)C3O)[C@@H](C)C2O)C(O)C(O[C@H]2O[C@H](CO)[C@@H](O)C(O)C2O[C@@H]2OC(CO)[C@@H](O[C@@H]3OC(CO[C@]4(C(=O)O)C[C@@H](O)[C@@H](N)C([C@H](O)[C@H](O)CO)O4)[C@H](O)C(O)[C@@H]3O)C(O)[C@@H]2C)[C@@H]1O. The van der Waals surface area contributed by atoms with Crippen LogP contribution in [0.1, 0.15) is 47.5 Å². The number of aliphatic hydroxyl groups excluding tert-OH is 30. The van der Waals surface area contributed by atoms with E-state index in [-0.39, 0.29) is 0 Å². The molecule has 57 heteroatoms. The molecule has 0 aromatic heterocycles. The molecule has 11 fully saturated rings. The van der Waals surface area contributed by atoms with Gasteiger partial charge in [0.2, 0.25) is 0 Å². The van der Waals surface area contributed by atoms with Crippen molar-refractivity contribution in [3.05, 3.63) is 0 Å². The third-order valence-electron chi connectivity index (χ3n) is 26.8. The molecule has 11 heterocycles. The van der Waals surface area contributed by atoms with Gasteiger partial charge in [-0.2, -0.15) is 0 Å². The minimum absolute atomic E-state index is 0.584. The molecule has 0 bridgehead atoms. The van der Waals surface area contributed by atoms with E-state index in [4.69, 9.17) is 111 Å². The summed E-state index contributed by atoms with van der Waals surface area (Å²) in [6, 6.07) is -3.17. The van der Waals surface area contributed by atoms with Crippen molar-refractivity contribution in [1.29, 1.82) is 0 Å². The van der Waals surface area contributed by atoms with Crippen LogP contribution in [0.15, 0.2) is 0 Å². The Bertz CT molecular complexity index is 3610. The summed E-state index contributed by atoms with van der Waals surface area (Å²) in [6.45, 7) is -4.65. The molecule has 0 aromatic carbocycles. The van der Waals surface area contributed by atoms with Gasteiger partial charge in [0.25, 0.3) is 11.6 Å². The smallest absolute Gasteiger partial charge is 0.364 e. The van der Waals surface area contributed by atoms with Gasteiger partial charge in [0.05, 0.1) is 127 Å². The van der Waals surface area contributed by atoms with Crippen molar-refractivity contribution in [1.82, 2.24) is 0 Å². The second-order valence-electron chi connectivity index (χ2n) is 35.7. The highest BCUT2D eigenvalue weighted by Gasteiger charge is 2.63. The van der Waals surface area contributed by atoms with Crippen molar-refractivity contribution in [3.63, 3.8) is 0 Å². The molecular formula is C77H132N2O55. The topological polar surface area (TPSA) is 927 Å². The number of nitrogens with two attached hydrogens (primary N) is 2. The summed E-state index contributed by atoms with van der Waals surface area (Å²) in [7, 11) is 0. The second-order valence-corrected chi connectivity index (χ2v) is 35.7. The third-order valence-corrected chi connectivity index (χ3v) is 26.8. The van der Waals surface area contributed by atoms with Gasteiger partial charge in [0.15, 0.2) is 50.3 Å². The number of aliphatic hydroxyl groups is 30. The largest absolute Gasteiger partial charge is 0.477 e. The average molecular weight is 1970 g/mol. The first-order valence-electron chi connectivity index (χ1n) is 43.7. The van der Waals surface area contributed by atoms with Crippen LogP contribution in [0.25, 0.3) is 0 Å². The summed E-state index contributed by atoms with van der Waals surface area (Å²) in [4.78, 5) is 25.7. The summed E-state index contributed by atoms with van der Waals surface area (Å²) >= 11 is 0. The fourth-order valence-corrected chi connectivity index (χ4v) is 18.0. The van der Waals surface area contributed by atoms with Crippen LogP contribution in [0.3, 0.4) is 0 Å². The lowest BCUT2D eigenvalue weighted by atomic mass is 9.88. The molecule has 0 radical (unpaired) electrons. The molecule has 780 valence electrons. The Labute approximate surface area is 761 Å². The molecule has 0 amide bonds. The lowest BCUT2D eigenvalue weighted by Crippen LogP contribution is -2.68. The molecule has 22 unspecified atom stereocenters. The summed E-state index contributed by atoms with van der Waals surface area (Å²) < 4.78 is 125. The van der Waals surface area contributed by atoms with Gasteiger partial charge in [-0.15, -0.1) is 0 Å². The Balaban J connectivity index is 0.829. The molecule has 11 aliphatic heterocycles. The second kappa shape index (κ2) is 47.1. The maximum atomic E-state index is 12.8. The molecule has 0 spiro atoms. The summed E-state index contributed by atoms with van der Waals surface area (Å²) in [5.74, 6) is -14.7. The number of carboxylic acid groups (broad SMARTS) is 2. The molecule has 0 aliphatic carbocycles. The number of rotatable bonds is 37. The average Bonchev–Trinajstić information content (AvgIpc) is 0.770. The van der Waals surface area contributed by atoms with Crippen LogP contribution in [0.5, 0.6) is 0 Å². The highest BCUT2D eigenvalue weighted by molar-refractivity contribution is 5.76. The minimum Gasteiger partial charge on any atom is -0.477 e. The van der Waals surface area contributed by atoms with E-state index in [9.17, 15) is 173 Å². The Morgan fingerprint density at radius 1 is 0.306 bits per heavy atom. The predicted octanol–water partition coefficient (Wildman–Crippen LogP) is -20.5. The van der Waals surface area contributed by atoms with Gasteiger partial charge >= 0.3 is 11.9 Å². The Morgan fingerprint density at radius 3 is 0.940 bits per heavy atom. The van der Waals surface area contributed by atoms with Crippen LogP contribution in [0.2, 0.25) is 0 Å². The number of hydrogen-bond acceptors (Lipinski definition) is 55. The van der Waals surface area contributed by atoms with Gasteiger partial charge in [-0.3, -0.25) is 0 Å². The summed E-state index contributed by atoms with van der Waals surface area (Å²) in [6.07, 6.45) is -98.7. The van der Waals surface area contributed by atoms with Crippen molar-refractivity contribution in [3.8, 4) is 0 Å². The van der Waals surface area contributed by atoms with E-state index in [0.29, 0.717) is 0 Å². The summed E-state index contributed by atoms with van der Waals surface area (Å²) in [5.41, 5.74) is 11.9. The number of carbonyl (C=O) groups is 2. The maximum Gasteiger partial charge on any atom is 0.364 e. The van der Waals surface area contributed by atoms with E-state index in [1.807, 2.05) is 0 Å². The van der Waals surface area contributed by atoms with Gasteiger partial charge in [-0.1, -0.05) is 27.7 Å². The van der Waals surface area contributed by atoms with Crippen LogP contribution in [0.4, 0.5) is 0 Å². The number of ether oxygens (including phenoxy) is 21. The molecule has 57 nitrogen and oxygen atoms in total. The highest BCUT2D eigenvalue weighted by atomic mass is 16.8. The third kappa shape index (κ3) is 23.1. The van der Waals surface area contributed by atoms with Gasteiger partial charge in [-0.25, -0.2) is 9.59 Å². The van der Waals surface area contributed by atoms with E-state index in [1.54, 1.807) is 13.8 Å². The standard InChI is InChI=1S/C77H132N2O55/c1-19-23(5)117-30(12-84)57(39(19)92)126-66-20(2)40(93)60(33(15-87)120-66)129-71-56(109)63(130-73-65(53(106)46(99)29(11-83)119-73)132-68-22(4)42(95)59(32(14-86)122-68)128-70-55(108)51(104)48(101)36(125-70)18-116-77(75(112)113)7-25(89)38(79)62(134-77)44(97)27(91)9-81)49(102)34(123-71)16-114-72-64(52(105)45(98)28(10-82)118-72)131-67-21(3)41(94)58(31(13-85)121-67)127-69-54(107)50(103)47(100)35(124-69)17-115-76(74(110)111)6-24(88)37(78)61(133-76)43(96)26(90)8-80/h19-73,80-109H,6-18,78-79H2,1-5H3,(H,110,111)(H,112,113)/t19-,20+,21?,22+,23+,24-,25-,26?,27-,28?,29-,30?,31+,32?,33?,34?,35?,36?,37-,38-,39?,40?,41?,42?,43-,44-,45-,46-,47+,48+,49-,50+,51?,52?,53?,54?,55+,56?,57-,58-,59-,60-,61?,62?,63?,64-,65?,66+,67+,68+,69+,70+,71+,72+,73-,76-,77-/m1/s1. The van der Waals surface area contributed by atoms with Crippen LogP contribution >= 0.6 is 0 Å². The zero-order chi connectivity index (χ0) is 99.0. The van der Waals surface area contributed by atoms with Crippen molar-refractivity contribution < 1.29 is 272 Å². The van der Waals surface area contributed by atoms with E-state index >= 15 is 0 Å². The highest BCUT2D eigenvalue weighted by Crippen LogP contribution is 2.44. The Kier molecular flexibility index (Phi) is 39.1. The lowest BCUT2D eigenvalue weighted by Gasteiger charge is -2.51. The normalized spacial score (nSPS) is 50.9. The van der Waals surface area contributed by atoms with Crippen LogP contribution in [-0.4, -0.2) is 572 Å². The van der Waals surface area contributed by atoms with Crippen LogP contribution in [0, 0.1) is 23.7 Å². The molecule has 57 atom stereocenters. The number of aliphatic carboxylic acids is 2. The fourth-order valence-electron chi connectivity index (χ4n) is 18.0. The van der Waals surface area contributed by atoms with Gasteiger partial charge in [0, 0.05) is 36.5 Å². The molecule has 0 saturated carbocycles. The van der Waals surface area contributed by atoms with Gasteiger partial charge in [-0.05, 0) is 6.92 Å². The van der Waals surface area contributed by atoms with Crippen molar-refractivity contribution >= 4 is 11.9 Å². The summed E-state index contributed by atoms with van der Waals surface area (Å²) in [5, 5.41) is 354. The molecule has 11 aliphatic rings. The molecule has 0 aromatic rings. The predicted molar refractivity (Wildman–Crippen MR) is 417 cm³/mol. The van der Waals surface area contributed by atoms with Crippen molar-refractivity contribution in [2.45, 2.75) is 372 Å². The Morgan fingerprint density at radius 2 is 0.590 bits per heavy atom. The Hall–Kier alpha value is -3.18. The maximum absolute atomic E-state index is 12.8. The zero-order valence-corrected chi connectivity index (χ0v) is 72.8. The molecule has 36 N–H and O–H groups in total. The molecule has 11 rings (SSSR count).